The number of rotatable bonds is 9. The Balaban J connectivity index is 0.00000264. The molecular weight excluding hydrogens is 312 g/mol. The van der Waals surface area contributed by atoms with E-state index in [2.05, 4.69) is 34.9 Å². The predicted molar refractivity (Wildman–Crippen MR) is 96.1 cm³/mol. The summed E-state index contributed by atoms with van der Waals surface area (Å²) in [5, 5.41) is 6.00. The fraction of sp³-hybridized carbons (Fsp3) is 0.611. The van der Waals surface area contributed by atoms with Gasteiger partial charge in [0.15, 0.2) is 0 Å². The monoisotopic (exact) mass is 340 g/mol. The largest absolute Gasteiger partial charge is 0.373 e. The van der Waals surface area contributed by atoms with E-state index in [0.717, 1.165) is 25.8 Å². The standard InChI is InChI=1S/C18H28N2O2.ClH/c1-19-12-5-11-18(21)20-13-6-14-22-17-10-4-8-15-7-2-3-9-16(15)17;/h2-3,7,9,17,19H,4-6,8,10-14H2,1H3,(H,20,21);1H. The maximum Gasteiger partial charge on any atom is 0.220 e. The summed E-state index contributed by atoms with van der Waals surface area (Å²) in [4.78, 5) is 11.6. The minimum absolute atomic E-state index is 0. The third-order valence-corrected chi connectivity index (χ3v) is 4.11. The number of hydrogen-bond donors (Lipinski definition) is 2. The number of ether oxygens (including phenoxy) is 1. The molecule has 1 amide bonds. The molecule has 5 heteroatoms. The van der Waals surface area contributed by atoms with Gasteiger partial charge in [-0.25, -0.2) is 0 Å². The van der Waals surface area contributed by atoms with Gasteiger partial charge in [-0.05, 0) is 56.8 Å². The van der Waals surface area contributed by atoms with Crippen molar-refractivity contribution >= 4 is 18.3 Å². The molecule has 130 valence electrons. The molecule has 0 heterocycles. The van der Waals surface area contributed by atoms with Crippen molar-refractivity contribution in [3.8, 4) is 0 Å². The van der Waals surface area contributed by atoms with E-state index in [0.29, 0.717) is 19.6 Å². The van der Waals surface area contributed by atoms with Crippen molar-refractivity contribution in [1.29, 1.82) is 0 Å². The Labute approximate surface area is 145 Å². The highest BCUT2D eigenvalue weighted by molar-refractivity contribution is 5.85. The Kier molecular flexibility index (Phi) is 9.92. The average molecular weight is 341 g/mol. The van der Waals surface area contributed by atoms with Crippen LogP contribution in [0, 0.1) is 0 Å². The lowest BCUT2D eigenvalue weighted by molar-refractivity contribution is -0.121. The van der Waals surface area contributed by atoms with Gasteiger partial charge in [0.05, 0.1) is 6.10 Å². The Morgan fingerprint density at radius 2 is 2.09 bits per heavy atom. The zero-order chi connectivity index (χ0) is 15.6. The number of amides is 1. The van der Waals surface area contributed by atoms with E-state index in [-0.39, 0.29) is 24.4 Å². The summed E-state index contributed by atoms with van der Waals surface area (Å²) in [7, 11) is 1.90. The smallest absolute Gasteiger partial charge is 0.220 e. The molecule has 1 unspecified atom stereocenters. The molecule has 1 aromatic carbocycles. The van der Waals surface area contributed by atoms with Crippen LogP contribution in [0.1, 0.15) is 49.3 Å². The Hall–Kier alpha value is -1.10. The van der Waals surface area contributed by atoms with Gasteiger partial charge < -0.3 is 15.4 Å². The van der Waals surface area contributed by atoms with E-state index in [9.17, 15) is 4.79 Å². The van der Waals surface area contributed by atoms with Crippen LogP contribution in [-0.4, -0.2) is 32.7 Å². The molecule has 0 bridgehead atoms. The van der Waals surface area contributed by atoms with Gasteiger partial charge >= 0.3 is 0 Å². The fourth-order valence-corrected chi connectivity index (χ4v) is 2.92. The second-order valence-corrected chi connectivity index (χ2v) is 5.86. The van der Waals surface area contributed by atoms with Crippen LogP contribution in [0.4, 0.5) is 0 Å². The van der Waals surface area contributed by atoms with E-state index in [1.54, 1.807) is 0 Å². The van der Waals surface area contributed by atoms with Crippen LogP contribution in [0.5, 0.6) is 0 Å². The fourth-order valence-electron chi connectivity index (χ4n) is 2.92. The summed E-state index contributed by atoms with van der Waals surface area (Å²) in [5.74, 6) is 0.137. The quantitative estimate of drug-likeness (QED) is 0.679. The number of benzene rings is 1. The molecule has 0 spiro atoms. The SMILES string of the molecule is CNCCCC(=O)NCCCOC1CCCc2ccccc21.Cl. The topological polar surface area (TPSA) is 50.4 Å². The number of carbonyl (C=O) groups is 1. The molecule has 1 aromatic rings. The summed E-state index contributed by atoms with van der Waals surface area (Å²) in [6, 6.07) is 8.58. The van der Waals surface area contributed by atoms with Crippen molar-refractivity contribution in [2.45, 2.75) is 44.6 Å². The van der Waals surface area contributed by atoms with E-state index in [1.807, 2.05) is 7.05 Å². The maximum absolute atomic E-state index is 11.6. The normalized spacial score (nSPS) is 16.3. The van der Waals surface area contributed by atoms with Gasteiger partial charge in [0.2, 0.25) is 5.91 Å². The highest BCUT2D eigenvalue weighted by Gasteiger charge is 2.19. The van der Waals surface area contributed by atoms with Crippen molar-refractivity contribution in [2.75, 3.05) is 26.7 Å². The summed E-state index contributed by atoms with van der Waals surface area (Å²) in [6.07, 6.45) is 6.05. The van der Waals surface area contributed by atoms with Crippen molar-refractivity contribution in [2.24, 2.45) is 0 Å². The van der Waals surface area contributed by atoms with E-state index in [4.69, 9.17) is 4.74 Å². The molecule has 2 rings (SSSR count). The molecule has 0 saturated carbocycles. The number of hydrogen-bond acceptors (Lipinski definition) is 3. The first-order valence-electron chi connectivity index (χ1n) is 8.42. The third kappa shape index (κ3) is 6.90. The lowest BCUT2D eigenvalue weighted by atomic mass is 9.89. The molecule has 0 aromatic heterocycles. The Morgan fingerprint density at radius 3 is 2.91 bits per heavy atom. The lowest BCUT2D eigenvalue weighted by Gasteiger charge is -2.25. The van der Waals surface area contributed by atoms with Crippen LogP contribution >= 0.6 is 12.4 Å². The third-order valence-electron chi connectivity index (χ3n) is 4.11. The zero-order valence-electron chi connectivity index (χ0n) is 14.0. The minimum Gasteiger partial charge on any atom is -0.373 e. The number of fused-ring (bicyclic) bond motifs is 1. The first-order valence-corrected chi connectivity index (χ1v) is 8.42. The summed E-state index contributed by atoms with van der Waals surface area (Å²) in [6.45, 7) is 2.29. The van der Waals surface area contributed by atoms with Gasteiger partial charge in [0, 0.05) is 19.6 Å². The molecule has 1 aliphatic carbocycles. The Morgan fingerprint density at radius 1 is 1.26 bits per heavy atom. The van der Waals surface area contributed by atoms with Gasteiger partial charge in [-0.3, -0.25) is 4.79 Å². The number of halogens is 1. The zero-order valence-corrected chi connectivity index (χ0v) is 14.8. The highest BCUT2D eigenvalue weighted by Crippen LogP contribution is 2.32. The first-order chi connectivity index (χ1) is 10.8. The molecular formula is C18H29ClN2O2. The van der Waals surface area contributed by atoms with E-state index in [1.165, 1.54) is 24.0 Å². The second kappa shape index (κ2) is 11.4. The van der Waals surface area contributed by atoms with E-state index >= 15 is 0 Å². The van der Waals surface area contributed by atoms with E-state index < -0.39 is 0 Å². The summed E-state index contributed by atoms with van der Waals surface area (Å²) >= 11 is 0. The summed E-state index contributed by atoms with van der Waals surface area (Å²) < 4.78 is 6.03. The van der Waals surface area contributed by atoms with Crippen molar-refractivity contribution < 1.29 is 9.53 Å². The average Bonchev–Trinajstić information content (AvgIpc) is 2.55. The van der Waals surface area contributed by atoms with Gasteiger partial charge in [0.25, 0.3) is 0 Å². The van der Waals surface area contributed by atoms with Crippen LogP contribution in [0.25, 0.3) is 0 Å². The van der Waals surface area contributed by atoms with Gasteiger partial charge in [-0.15, -0.1) is 12.4 Å². The van der Waals surface area contributed by atoms with Crippen LogP contribution in [0.2, 0.25) is 0 Å². The molecule has 0 radical (unpaired) electrons. The Bertz CT molecular complexity index is 468. The predicted octanol–water partition coefficient (Wildman–Crippen LogP) is 3.01. The number of nitrogens with one attached hydrogen (secondary N) is 2. The molecule has 23 heavy (non-hydrogen) atoms. The second-order valence-electron chi connectivity index (χ2n) is 5.86. The van der Waals surface area contributed by atoms with Gasteiger partial charge in [0.1, 0.15) is 0 Å². The maximum atomic E-state index is 11.6. The highest BCUT2D eigenvalue weighted by atomic mass is 35.5. The molecule has 0 fully saturated rings. The van der Waals surface area contributed by atoms with Crippen LogP contribution < -0.4 is 10.6 Å². The minimum atomic E-state index is 0. The molecule has 0 saturated heterocycles. The first kappa shape index (κ1) is 19.9. The molecule has 1 atom stereocenters. The number of aryl methyl sites for hydroxylation is 1. The molecule has 4 nitrogen and oxygen atoms in total. The number of carbonyl (C=O) groups excluding carboxylic acids is 1. The van der Waals surface area contributed by atoms with Crippen molar-refractivity contribution in [3.63, 3.8) is 0 Å². The van der Waals surface area contributed by atoms with Crippen LogP contribution in [0.15, 0.2) is 24.3 Å². The summed E-state index contributed by atoms with van der Waals surface area (Å²) in [5.41, 5.74) is 2.78. The molecule has 0 aliphatic heterocycles. The van der Waals surface area contributed by atoms with Crippen molar-refractivity contribution in [1.82, 2.24) is 10.6 Å². The lowest BCUT2D eigenvalue weighted by Crippen LogP contribution is -2.26. The van der Waals surface area contributed by atoms with Gasteiger partial charge in [-0.2, -0.15) is 0 Å². The van der Waals surface area contributed by atoms with Gasteiger partial charge in [-0.1, -0.05) is 24.3 Å². The molecule has 2 N–H and O–H groups in total. The molecule has 1 aliphatic rings. The van der Waals surface area contributed by atoms with Crippen LogP contribution in [-0.2, 0) is 16.0 Å². The van der Waals surface area contributed by atoms with Crippen LogP contribution in [0.3, 0.4) is 0 Å². The van der Waals surface area contributed by atoms with Crippen molar-refractivity contribution in [3.05, 3.63) is 35.4 Å².